The summed E-state index contributed by atoms with van der Waals surface area (Å²) >= 11 is 0. The van der Waals surface area contributed by atoms with Crippen LogP contribution in [0.4, 0.5) is 0 Å². The van der Waals surface area contributed by atoms with E-state index >= 15 is 0 Å². The van der Waals surface area contributed by atoms with Crippen LogP contribution in [-0.4, -0.2) is 16.5 Å². The maximum absolute atomic E-state index is 5.85. The van der Waals surface area contributed by atoms with Gasteiger partial charge in [-0.15, -0.1) is 0 Å². The Morgan fingerprint density at radius 3 is 2.25 bits per heavy atom. The number of imidazole rings is 1. The number of nitrogens with zero attached hydrogens (tertiary/aromatic N) is 1. The largest absolute Gasteiger partial charge is 0.342 e. The lowest BCUT2D eigenvalue weighted by molar-refractivity contribution is 0.487. The highest BCUT2D eigenvalue weighted by molar-refractivity contribution is 5.59. The van der Waals surface area contributed by atoms with Crippen LogP contribution >= 0.6 is 0 Å². The summed E-state index contributed by atoms with van der Waals surface area (Å²) in [5, 5.41) is 0. The Morgan fingerprint density at radius 1 is 1.10 bits per heavy atom. The predicted octanol–water partition coefficient (Wildman–Crippen LogP) is 3.90. The molecule has 3 heteroatoms. The summed E-state index contributed by atoms with van der Waals surface area (Å²) in [5.74, 6) is 2.33. The van der Waals surface area contributed by atoms with Gasteiger partial charge in [0.25, 0.3) is 0 Å². The molecule has 20 heavy (non-hydrogen) atoms. The molecule has 0 aliphatic carbocycles. The number of H-pyrrole nitrogens is 1. The summed E-state index contributed by atoms with van der Waals surface area (Å²) in [7, 11) is 0. The van der Waals surface area contributed by atoms with Crippen LogP contribution in [0.3, 0.4) is 0 Å². The second kappa shape index (κ2) is 6.23. The zero-order chi connectivity index (χ0) is 14.7. The van der Waals surface area contributed by atoms with Gasteiger partial charge in [-0.25, -0.2) is 4.98 Å². The van der Waals surface area contributed by atoms with Crippen molar-refractivity contribution in [3.05, 3.63) is 41.9 Å². The number of hydrogen-bond donors (Lipinski definition) is 2. The predicted molar refractivity (Wildman–Crippen MR) is 84.7 cm³/mol. The molecule has 1 unspecified atom stereocenters. The third kappa shape index (κ3) is 3.10. The van der Waals surface area contributed by atoms with Crippen LogP contribution in [0.15, 0.2) is 30.5 Å². The van der Waals surface area contributed by atoms with Gasteiger partial charge in [-0.3, -0.25) is 0 Å². The molecule has 0 saturated carbocycles. The van der Waals surface area contributed by atoms with Gasteiger partial charge in [-0.2, -0.15) is 0 Å². The Kier molecular flexibility index (Phi) is 4.61. The molecular weight excluding hydrogens is 246 g/mol. The van der Waals surface area contributed by atoms with Crippen molar-refractivity contribution in [3.63, 3.8) is 0 Å². The molecule has 0 amide bonds. The number of aromatic nitrogens is 2. The highest BCUT2D eigenvalue weighted by atomic mass is 14.9. The van der Waals surface area contributed by atoms with Crippen molar-refractivity contribution in [2.45, 2.75) is 39.5 Å². The number of aromatic amines is 1. The average Bonchev–Trinajstić information content (AvgIpc) is 2.88. The molecule has 0 aliphatic rings. The summed E-state index contributed by atoms with van der Waals surface area (Å²) in [4.78, 5) is 7.93. The topological polar surface area (TPSA) is 54.7 Å². The van der Waals surface area contributed by atoms with E-state index in [2.05, 4.69) is 61.9 Å². The Morgan fingerprint density at radius 2 is 1.75 bits per heavy atom. The standard InChI is InChI=1S/C17H25N3/c1-11(2)13-5-7-14(8-6-13)16-10-19-17(20-16)15(9-18)12(3)4/h5-8,10-12,15H,9,18H2,1-4H3,(H,19,20). The Balaban J connectivity index is 2.24. The summed E-state index contributed by atoms with van der Waals surface area (Å²) < 4.78 is 0. The van der Waals surface area contributed by atoms with E-state index in [1.807, 2.05) is 6.20 Å². The van der Waals surface area contributed by atoms with Gasteiger partial charge >= 0.3 is 0 Å². The minimum absolute atomic E-state index is 0.290. The summed E-state index contributed by atoms with van der Waals surface area (Å²) in [6, 6.07) is 8.67. The second-order valence-corrected chi connectivity index (χ2v) is 6.05. The van der Waals surface area contributed by atoms with E-state index in [1.54, 1.807) is 0 Å². The van der Waals surface area contributed by atoms with Gasteiger partial charge in [0, 0.05) is 12.5 Å². The van der Waals surface area contributed by atoms with E-state index in [-0.39, 0.29) is 0 Å². The molecule has 0 fully saturated rings. The number of hydrogen-bond acceptors (Lipinski definition) is 2. The molecule has 0 radical (unpaired) electrons. The third-order valence-electron chi connectivity index (χ3n) is 3.89. The van der Waals surface area contributed by atoms with Gasteiger partial charge in [-0.05, 0) is 23.0 Å². The molecule has 3 N–H and O–H groups in total. The van der Waals surface area contributed by atoms with Crippen LogP contribution in [0.5, 0.6) is 0 Å². The van der Waals surface area contributed by atoms with Gasteiger partial charge in [0.15, 0.2) is 0 Å². The fourth-order valence-corrected chi connectivity index (χ4v) is 2.42. The van der Waals surface area contributed by atoms with Gasteiger partial charge in [0.2, 0.25) is 0 Å². The molecule has 1 heterocycles. The molecular formula is C17H25N3. The van der Waals surface area contributed by atoms with Crippen LogP contribution < -0.4 is 5.73 Å². The van der Waals surface area contributed by atoms with Crippen LogP contribution in [-0.2, 0) is 0 Å². The van der Waals surface area contributed by atoms with E-state index in [0.29, 0.717) is 24.3 Å². The van der Waals surface area contributed by atoms with Crippen LogP contribution in [0, 0.1) is 5.92 Å². The normalized spacial score (nSPS) is 13.2. The Labute approximate surface area is 121 Å². The van der Waals surface area contributed by atoms with Gasteiger partial charge in [0.1, 0.15) is 5.82 Å². The molecule has 0 bridgehead atoms. The quantitative estimate of drug-likeness (QED) is 0.866. The molecule has 1 aromatic carbocycles. The molecule has 1 atom stereocenters. The first-order chi connectivity index (χ1) is 9.52. The zero-order valence-corrected chi connectivity index (χ0v) is 12.9. The molecule has 3 nitrogen and oxygen atoms in total. The number of benzene rings is 1. The lowest BCUT2D eigenvalue weighted by atomic mass is 9.95. The van der Waals surface area contributed by atoms with Gasteiger partial charge in [0.05, 0.1) is 11.9 Å². The summed E-state index contributed by atoms with van der Waals surface area (Å²) in [5.41, 5.74) is 9.44. The molecule has 2 rings (SSSR count). The first-order valence-electron chi connectivity index (χ1n) is 7.38. The minimum Gasteiger partial charge on any atom is -0.342 e. The van der Waals surface area contributed by atoms with Crippen molar-refractivity contribution in [2.24, 2.45) is 11.7 Å². The van der Waals surface area contributed by atoms with Crippen molar-refractivity contribution in [2.75, 3.05) is 6.54 Å². The Bertz CT molecular complexity index is 538. The SMILES string of the molecule is CC(C)c1ccc(-c2cnc(C(CN)C(C)C)[nH]2)cc1. The van der Waals surface area contributed by atoms with Crippen molar-refractivity contribution in [1.82, 2.24) is 9.97 Å². The van der Waals surface area contributed by atoms with Crippen LogP contribution in [0.25, 0.3) is 11.3 Å². The third-order valence-corrected chi connectivity index (χ3v) is 3.89. The lowest BCUT2D eigenvalue weighted by Crippen LogP contribution is -2.19. The van der Waals surface area contributed by atoms with Crippen molar-refractivity contribution >= 4 is 0 Å². The number of nitrogens with one attached hydrogen (secondary N) is 1. The Hall–Kier alpha value is -1.61. The van der Waals surface area contributed by atoms with E-state index in [0.717, 1.165) is 11.5 Å². The van der Waals surface area contributed by atoms with Crippen LogP contribution in [0.2, 0.25) is 0 Å². The van der Waals surface area contributed by atoms with Gasteiger partial charge < -0.3 is 10.7 Å². The minimum atomic E-state index is 0.290. The highest BCUT2D eigenvalue weighted by Crippen LogP contribution is 2.25. The van der Waals surface area contributed by atoms with Crippen molar-refractivity contribution in [3.8, 4) is 11.3 Å². The smallest absolute Gasteiger partial charge is 0.111 e. The van der Waals surface area contributed by atoms with Crippen molar-refractivity contribution < 1.29 is 0 Å². The first kappa shape index (κ1) is 14.8. The molecule has 0 aliphatic heterocycles. The molecule has 1 aromatic heterocycles. The maximum Gasteiger partial charge on any atom is 0.111 e. The number of nitrogens with two attached hydrogens (primary N) is 1. The van der Waals surface area contributed by atoms with Crippen molar-refractivity contribution in [1.29, 1.82) is 0 Å². The average molecular weight is 271 g/mol. The summed E-state index contributed by atoms with van der Waals surface area (Å²) in [6.07, 6.45) is 1.91. The fourth-order valence-electron chi connectivity index (χ4n) is 2.42. The fraction of sp³-hybridized carbons (Fsp3) is 0.471. The van der Waals surface area contributed by atoms with E-state index in [1.165, 1.54) is 11.1 Å². The monoisotopic (exact) mass is 271 g/mol. The van der Waals surface area contributed by atoms with E-state index in [4.69, 9.17) is 5.73 Å². The zero-order valence-electron chi connectivity index (χ0n) is 12.9. The molecule has 0 spiro atoms. The molecule has 108 valence electrons. The van der Waals surface area contributed by atoms with Gasteiger partial charge in [-0.1, -0.05) is 52.0 Å². The number of rotatable bonds is 5. The maximum atomic E-state index is 5.85. The van der Waals surface area contributed by atoms with E-state index in [9.17, 15) is 0 Å². The first-order valence-corrected chi connectivity index (χ1v) is 7.38. The highest BCUT2D eigenvalue weighted by Gasteiger charge is 2.17. The molecule has 2 aromatic rings. The summed E-state index contributed by atoms with van der Waals surface area (Å²) in [6.45, 7) is 9.39. The van der Waals surface area contributed by atoms with Crippen LogP contribution in [0.1, 0.15) is 50.9 Å². The van der Waals surface area contributed by atoms with E-state index < -0.39 is 0 Å². The second-order valence-electron chi connectivity index (χ2n) is 6.05. The lowest BCUT2D eigenvalue weighted by Gasteiger charge is -2.15. The molecule has 0 saturated heterocycles.